The van der Waals surface area contributed by atoms with E-state index in [1.807, 2.05) is 13.8 Å². The molecular weight excluding hydrogens is 332 g/mol. The van der Waals surface area contributed by atoms with Crippen LogP contribution in [0.2, 0.25) is 0 Å². The van der Waals surface area contributed by atoms with Crippen LogP contribution in [0.3, 0.4) is 0 Å². The molecule has 0 fully saturated rings. The molecule has 1 aromatic rings. The van der Waals surface area contributed by atoms with Gasteiger partial charge in [-0.25, -0.2) is 0 Å². The van der Waals surface area contributed by atoms with Gasteiger partial charge in [-0.1, -0.05) is 13.8 Å². The summed E-state index contributed by atoms with van der Waals surface area (Å²) in [6.45, 7) is 11.4. The van der Waals surface area contributed by atoms with E-state index < -0.39 is 0 Å². The van der Waals surface area contributed by atoms with Crippen LogP contribution < -0.4 is 4.74 Å². The third kappa shape index (κ3) is 8.39. The molecule has 150 valence electrons. The van der Waals surface area contributed by atoms with E-state index in [-0.39, 0.29) is 6.29 Å². The third-order valence-corrected chi connectivity index (χ3v) is 4.12. The molecule has 0 spiro atoms. The van der Waals surface area contributed by atoms with Gasteiger partial charge in [0.15, 0.2) is 6.29 Å². The van der Waals surface area contributed by atoms with Gasteiger partial charge >= 0.3 is 0 Å². The molecule has 0 aliphatic heterocycles. The molecule has 0 aromatic heterocycles. The highest BCUT2D eigenvalue weighted by atomic mass is 16.7. The molecule has 0 aliphatic carbocycles. The van der Waals surface area contributed by atoms with Crippen LogP contribution >= 0.6 is 0 Å². The molecule has 26 heavy (non-hydrogen) atoms. The highest BCUT2D eigenvalue weighted by molar-refractivity contribution is 5.47. The number of hydrogen-bond donors (Lipinski definition) is 1. The quantitative estimate of drug-likeness (QED) is 0.365. The summed E-state index contributed by atoms with van der Waals surface area (Å²) in [4.78, 5) is 0. The van der Waals surface area contributed by atoms with Crippen molar-refractivity contribution in [3.8, 4) is 11.5 Å². The Hall–Kier alpha value is -1.30. The molecule has 1 N–H and O–H groups in total. The topological polar surface area (TPSA) is 57.2 Å². The Kier molecular flexibility index (Phi) is 12.1. The maximum absolute atomic E-state index is 9.79. The molecule has 0 heterocycles. The minimum absolute atomic E-state index is 0.164. The Labute approximate surface area is 158 Å². The molecule has 0 saturated carbocycles. The lowest BCUT2D eigenvalue weighted by molar-refractivity contribution is -0.146. The first-order valence-corrected chi connectivity index (χ1v) is 9.94. The average molecular weight is 369 g/mol. The van der Waals surface area contributed by atoms with Crippen molar-refractivity contribution in [1.82, 2.24) is 0 Å². The number of rotatable bonds is 15. The van der Waals surface area contributed by atoms with Crippen LogP contribution in [-0.2, 0) is 27.1 Å². The summed E-state index contributed by atoms with van der Waals surface area (Å²) in [6, 6.07) is 3.59. The van der Waals surface area contributed by atoms with Crippen molar-refractivity contribution in [1.29, 1.82) is 0 Å². The Morgan fingerprint density at radius 2 is 1.42 bits per heavy atom. The molecule has 0 atom stereocenters. The van der Waals surface area contributed by atoms with Gasteiger partial charge in [0.1, 0.15) is 11.5 Å². The maximum Gasteiger partial charge on any atom is 0.159 e. The van der Waals surface area contributed by atoms with E-state index in [1.165, 1.54) is 0 Å². The largest absolute Gasteiger partial charge is 0.508 e. The van der Waals surface area contributed by atoms with Crippen LogP contribution in [0.5, 0.6) is 11.5 Å². The van der Waals surface area contributed by atoms with Gasteiger partial charge in [-0.3, -0.25) is 0 Å². The van der Waals surface area contributed by atoms with Crippen LogP contribution in [0.15, 0.2) is 12.1 Å². The lowest BCUT2D eigenvalue weighted by Gasteiger charge is -2.17. The Balaban J connectivity index is 2.23. The van der Waals surface area contributed by atoms with E-state index in [1.54, 1.807) is 12.1 Å². The lowest BCUT2D eigenvalue weighted by Crippen LogP contribution is -2.19. The Morgan fingerprint density at radius 1 is 0.846 bits per heavy atom. The zero-order valence-electron chi connectivity index (χ0n) is 16.9. The van der Waals surface area contributed by atoms with Crippen molar-refractivity contribution >= 4 is 0 Å². The van der Waals surface area contributed by atoms with Gasteiger partial charge in [0.25, 0.3) is 0 Å². The standard InChI is InChI=1S/C21H36O5/c1-5-17-15-19(22)16-18(6-2)21(17)26-13-10-9-12-23-14-11-20(24-7-3)25-8-4/h15-16,20,22H,5-14H2,1-4H3. The molecule has 5 nitrogen and oxygen atoms in total. The number of phenolic OH excluding ortho intramolecular Hbond substituents is 1. The number of ether oxygens (including phenoxy) is 4. The molecule has 5 heteroatoms. The predicted molar refractivity (Wildman–Crippen MR) is 104 cm³/mol. The van der Waals surface area contributed by atoms with Gasteiger partial charge in [-0.2, -0.15) is 0 Å². The van der Waals surface area contributed by atoms with Crippen LogP contribution in [0.1, 0.15) is 58.1 Å². The fourth-order valence-electron chi connectivity index (χ4n) is 2.80. The number of hydrogen-bond acceptors (Lipinski definition) is 5. The second kappa shape index (κ2) is 13.8. The molecule has 0 aliphatic rings. The molecule has 0 radical (unpaired) electrons. The van der Waals surface area contributed by atoms with Crippen molar-refractivity contribution in [2.45, 2.75) is 66.1 Å². The number of unbranched alkanes of at least 4 members (excludes halogenated alkanes) is 1. The summed E-state index contributed by atoms with van der Waals surface area (Å²) in [5, 5.41) is 9.79. The molecule has 1 rings (SSSR count). The highest BCUT2D eigenvalue weighted by Crippen LogP contribution is 2.30. The zero-order valence-corrected chi connectivity index (χ0v) is 16.9. The fourth-order valence-corrected chi connectivity index (χ4v) is 2.80. The van der Waals surface area contributed by atoms with Crippen molar-refractivity contribution < 1.29 is 24.1 Å². The average Bonchev–Trinajstić information content (AvgIpc) is 2.64. The summed E-state index contributed by atoms with van der Waals surface area (Å²) in [5.41, 5.74) is 2.13. The summed E-state index contributed by atoms with van der Waals surface area (Å²) >= 11 is 0. The van der Waals surface area contributed by atoms with Gasteiger partial charge in [0.2, 0.25) is 0 Å². The van der Waals surface area contributed by atoms with E-state index in [4.69, 9.17) is 18.9 Å². The minimum Gasteiger partial charge on any atom is -0.508 e. The first kappa shape index (κ1) is 22.7. The van der Waals surface area contributed by atoms with Crippen LogP contribution in [0, 0.1) is 0 Å². The summed E-state index contributed by atoms with van der Waals surface area (Å²) in [5.74, 6) is 1.25. The number of phenols is 1. The van der Waals surface area contributed by atoms with E-state index >= 15 is 0 Å². The van der Waals surface area contributed by atoms with Gasteiger partial charge in [-0.15, -0.1) is 0 Å². The molecule has 0 unspecified atom stereocenters. The molecular formula is C21H36O5. The monoisotopic (exact) mass is 368 g/mol. The van der Waals surface area contributed by atoms with Crippen molar-refractivity contribution in [3.63, 3.8) is 0 Å². The van der Waals surface area contributed by atoms with Gasteiger partial charge in [0, 0.05) is 26.2 Å². The van der Waals surface area contributed by atoms with Gasteiger partial charge in [-0.05, 0) is 62.8 Å². The summed E-state index contributed by atoms with van der Waals surface area (Å²) < 4.78 is 22.6. The SMILES string of the molecule is CCOC(CCOCCCCOc1c(CC)cc(O)cc1CC)OCC. The fraction of sp³-hybridized carbons (Fsp3) is 0.714. The lowest BCUT2D eigenvalue weighted by atomic mass is 10.0. The Morgan fingerprint density at radius 3 is 1.96 bits per heavy atom. The first-order valence-electron chi connectivity index (χ1n) is 9.94. The predicted octanol–water partition coefficient (Wildman–Crippen LogP) is 4.48. The second-order valence-corrected chi connectivity index (χ2v) is 6.10. The number of benzene rings is 1. The van der Waals surface area contributed by atoms with E-state index in [2.05, 4.69) is 13.8 Å². The first-order chi connectivity index (χ1) is 12.7. The summed E-state index contributed by atoms with van der Waals surface area (Å²) in [7, 11) is 0. The Bertz CT molecular complexity index is 458. The maximum atomic E-state index is 9.79. The van der Waals surface area contributed by atoms with E-state index in [0.29, 0.717) is 38.8 Å². The van der Waals surface area contributed by atoms with Gasteiger partial charge in [0.05, 0.1) is 13.2 Å². The second-order valence-electron chi connectivity index (χ2n) is 6.10. The van der Waals surface area contributed by atoms with Gasteiger partial charge < -0.3 is 24.1 Å². The van der Waals surface area contributed by atoms with Crippen LogP contribution in [-0.4, -0.2) is 44.4 Å². The van der Waals surface area contributed by atoms with Crippen molar-refractivity contribution in [2.75, 3.05) is 33.0 Å². The zero-order chi connectivity index (χ0) is 19.2. The van der Waals surface area contributed by atoms with Crippen molar-refractivity contribution in [3.05, 3.63) is 23.3 Å². The normalized spacial score (nSPS) is 11.3. The van der Waals surface area contributed by atoms with E-state index in [0.717, 1.165) is 49.0 Å². The summed E-state index contributed by atoms with van der Waals surface area (Å²) in [6.07, 6.45) is 4.18. The minimum atomic E-state index is -0.164. The van der Waals surface area contributed by atoms with Crippen LogP contribution in [0.4, 0.5) is 0 Å². The van der Waals surface area contributed by atoms with Crippen molar-refractivity contribution in [2.24, 2.45) is 0 Å². The molecule has 0 bridgehead atoms. The molecule has 0 saturated heterocycles. The third-order valence-electron chi connectivity index (χ3n) is 4.12. The number of aromatic hydroxyl groups is 1. The van der Waals surface area contributed by atoms with Crippen LogP contribution in [0.25, 0.3) is 0 Å². The molecule has 0 amide bonds. The number of aryl methyl sites for hydroxylation is 2. The smallest absolute Gasteiger partial charge is 0.159 e. The molecule has 1 aromatic carbocycles. The highest BCUT2D eigenvalue weighted by Gasteiger charge is 2.10. The van der Waals surface area contributed by atoms with E-state index in [9.17, 15) is 5.11 Å².